The molecule has 7 heavy (non-hydrogen) atoms. The maximum atomic E-state index is 3.72. The predicted octanol–water partition coefficient (Wildman–Crippen LogP) is 2.07. The van der Waals surface area contributed by atoms with Crippen molar-refractivity contribution in [3.63, 3.8) is 0 Å². The molecule has 0 radical (unpaired) electrons. The van der Waals surface area contributed by atoms with Gasteiger partial charge in [-0.3, -0.25) is 0 Å². The van der Waals surface area contributed by atoms with Crippen LogP contribution in [0.25, 0.3) is 0 Å². The molecule has 0 unspecified atom stereocenters. The summed E-state index contributed by atoms with van der Waals surface area (Å²) in [6.45, 7) is 9.59. The fraction of sp³-hybridized carbons (Fsp3) is 0.667. The monoisotopic (exact) mass is 258 g/mol. The van der Waals surface area contributed by atoms with Crippen molar-refractivity contribution >= 4 is 0 Å². The molecule has 0 saturated heterocycles. The van der Waals surface area contributed by atoms with Crippen molar-refractivity contribution in [1.82, 2.24) is 0 Å². The van der Waals surface area contributed by atoms with Crippen molar-refractivity contribution in [2.45, 2.75) is 19.8 Å². The van der Waals surface area contributed by atoms with E-state index in [4.69, 9.17) is 0 Å². The second-order valence-corrected chi connectivity index (χ2v) is 1.68. The zero-order chi connectivity index (χ0) is 4.99. The van der Waals surface area contributed by atoms with Gasteiger partial charge >= 0.3 is 46.9 Å². The fourth-order valence-corrected chi connectivity index (χ4v) is 0.144. The molecule has 0 N–H and O–H groups in total. The Morgan fingerprint density at radius 2 is 1.57 bits per heavy atom. The molecule has 0 nitrogen and oxygen atoms in total. The van der Waals surface area contributed by atoms with Crippen LogP contribution < -0.4 is 0 Å². The minimum absolute atomic E-state index is 0. The van der Waals surface area contributed by atoms with Crippen LogP contribution in [0, 0.1) is 66.7 Å². The second kappa shape index (κ2) is 7.52. The van der Waals surface area contributed by atoms with E-state index in [0.29, 0.717) is 5.92 Å². The molecule has 0 fully saturated rings. The third-order valence-corrected chi connectivity index (χ3v) is 0.986. The van der Waals surface area contributed by atoms with E-state index in [1.807, 2.05) is 0 Å². The number of hydrogen-bond donors (Lipinski definition) is 0. The van der Waals surface area contributed by atoms with Gasteiger partial charge in [0.25, 0.3) is 0 Å². The molecule has 0 spiro atoms. The molecule has 0 heterocycles. The molecule has 0 atom stereocenters. The quantitative estimate of drug-likeness (QED) is 0.664. The van der Waals surface area contributed by atoms with Crippen molar-refractivity contribution in [3.8, 4) is 0 Å². The molecule has 0 aromatic carbocycles. The van der Waals surface area contributed by atoms with E-state index in [9.17, 15) is 0 Å². The summed E-state index contributed by atoms with van der Waals surface area (Å²) < 4.78 is 0. The molecule has 0 saturated carbocycles. The molecule has 0 aliphatic heterocycles. The summed E-state index contributed by atoms with van der Waals surface area (Å²) in [6, 6.07) is 0. The van der Waals surface area contributed by atoms with Crippen LogP contribution >= 0.6 is 0 Å². The Labute approximate surface area is 85.3 Å². The minimum Gasteiger partial charge on any atom is -0.343 e. The Kier molecular flexibility index (Phi) is 12.2. The van der Waals surface area contributed by atoms with E-state index in [1.165, 1.54) is 0 Å². The van der Waals surface area contributed by atoms with Gasteiger partial charge in [0.15, 0.2) is 0 Å². The fourth-order valence-electron chi connectivity index (χ4n) is 0.144. The maximum Gasteiger partial charge on any atom is 2.00 e. The average molecular weight is 257 g/mol. The maximum absolute atomic E-state index is 3.72. The largest absolute Gasteiger partial charge is 2.00 e. The van der Waals surface area contributed by atoms with E-state index in [0.717, 1.165) is 12.8 Å². The molecule has 0 aliphatic rings. The van der Waals surface area contributed by atoms with E-state index in [1.54, 1.807) is 0 Å². The summed E-state index contributed by atoms with van der Waals surface area (Å²) >= 11 is 0. The van der Waals surface area contributed by atoms with E-state index >= 15 is 0 Å². The summed E-state index contributed by atoms with van der Waals surface area (Å²) in [5, 5.41) is 0. The third-order valence-electron chi connectivity index (χ3n) is 0.986. The summed E-state index contributed by atoms with van der Waals surface area (Å²) in [5.41, 5.74) is 0. The Morgan fingerprint density at radius 3 is 1.57 bits per heavy atom. The first kappa shape index (κ1) is 11.3. The van der Waals surface area contributed by atoms with Gasteiger partial charge in [-0.2, -0.15) is 12.8 Å². The Bertz CT molecular complexity index is 23.4. The predicted molar refractivity (Wildman–Crippen MR) is 29.1 cm³/mol. The van der Waals surface area contributed by atoms with Crippen molar-refractivity contribution in [2.75, 3.05) is 0 Å². The number of rotatable bonds is 2. The molecule has 0 aromatic rings. The van der Waals surface area contributed by atoms with Gasteiger partial charge in [0, 0.05) is 0 Å². The van der Waals surface area contributed by atoms with Crippen molar-refractivity contribution in [2.24, 2.45) is 5.92 Å². The van der Waals surface area contributed by atoms with Gasteiger partial charge in [0.05, 0.1) is 0 Å². The Balaban J connectivity index is 0. The molecule has 0 aromatic heterocycles. The van der Waals surface area contributed by atoms with Crippen LogP contribution in [-0.4, -0.2) is 0 Å². The van der Waals surface area contributed by atoms with Crippen molar-refractivity contribution < 1.29 is 46.9 Å². The Morgan fingerprint density at radius 1 is 1.29 bits per heavy atom. The van der Waals surface area contributed by atoms with Gasteiger partial charge in [-0.15, -0.1) is 0 Å². The first-order chi connectivity index (χ1) is 2.81. The van der Waals surface area contributed by atoms with Gasteiger partial charge in [-0.25, -0.2) is 0 Å². The van der Waals surface area contributed by atoms with Gasteiger partial charge in [-0.05, 0) is 0 Å². The molecule has 50 valence electrons. The summed E-state index contributed by atoms with van der Waals surface area (Å²) in [6.07, 6.45) is 2.03. The van der Waals surface area contributed by atoms with E-state index < -0.39 is 0 Å². The van der Waals surface area contributed by atoms with Gasteiger partial charge in [0.1, 0.15) is 0 Å². The minimum atomic E-state index is 0. The zero-order valence-electron chi connectivity index (χ0n) is 4.67. The van der Waals surface area contributed by atoms with Crippen LogP contribution in [0.2, 0.25) is 0 Å². The molecule has 0 aliphatic carbocycles. The smallest absolute Gasteiger partial charge is 0.343 e. The summed E-state index contributed by atoms with van der Waals surface area (Å²) in [4.78, 5) is 0. The zero-order valence-corrected chi connectivity index (χ0v) is 6.39. The first-order valence-corrected chi connectivity index (χ1v) is 2.39. The Hall–Kier alpha value is 1.52. The van der Waals surface area contributed by atoms with Crippen molar-refractivity contribution in [1.29, 1.82) is 0 Å². The first-order valence-electron chi connectivity index (χ1n) is 2.39. The van der Waals surface area contributed by atoms with Gasteiger partial charge in [-0.1, -0.05) is 12.8 Å². The normalized spacial score (nSPS) is 8.57. The van der Waals surface area contributed by atoms with Gasteiger partial charge < -0.3 is 13.8 Å². The van der Waals surface area contributed by atoms with Crippen LogP contribution in [0.1, 0.15) is 19.8 Å². The molecular formula is C6H12Yb. The second-order valence-electron chi connectivity index (χ2n) is 1.68. The van der Waals surface area contributed by atoms with E-state index in [2.05, 4.69) is 20.8 Å². The average Bonchev–Trinajstić information content (AvgIpc) is 1.65. The summed E-state index contributed by atoms with van der Waals surface area (Å²) in [7, 11) is 0. The standard InChI is InChI=1S/C6H12.Yb/c1-4-6(3)5-2;/h6H,1-2,4-5H2,3H3;/q-2;+2. The van der Waals surface area contributed by atoms with E-state index in [-0.39, 0.29) is 46.9 Å². The molecule has 0 rings (SSSR count). The van der Waals surface area contributed by atoms with Crippen LogP contribution in [0.4, 0.5) is 0 Å². The van der Waals surface area contributed by atoms with Crippen LogP contribution in [-0.2, 0) is 0 Å². The molecule has 0 bridgehead atoms. The van der Waals surface area contributed by atoms with Crippen LogP contribution in [0.15, 0.2) is 0 Å². The number of hydrogen-bond acceptors (Lipinski definition) is 0. The third kappa shape index (κ3) is 7.52. The van der Waals surface area contributed by atoms with Crippen LogP contribution in [0.3, 0.4) is 0 Å². The van der Waals surface area contributed by atoms with Crippen LogP contribution in [0.5, 0.6) is 0 Å². The molecule has 1 heteroatoms. The SMILES string of the molecule is [CH2-]CC(C)C[CH2-].[Yb+2]. The summed E-state index contributed by atoms with van der Waals surface area (Å²) in [5.74, 6) is 0.713. The van der Waals surface area contributed by atoms with Crippen molar-refractivity contribution in [3.05, 3.63) is 13.8 Å². The van der Waals surface area contributed by atoms with Gasteiger partial charge in [0.2, 0.25) is 0 Å². The molecule has 0 amide bonds. The topological polar surface area (TPSA) is 0 Å². The molecular weight excluding hydrogens is 245 g/mol.